The molecule has 0 heterocycles. The Hall–Kier alpha value is -1.59. The minimum Gasteiger partial charge on any atom is -0.443 e. The number of carbonyl (C=O) groups excluding carboxylic acids is 1. The van der Waals surface area contributed by atoms with Gasteiger partial charge in [0, 0.05) is 7.11 Å². The zero-order chi connectivity index (χ0) is 17.4. The third kappa shape index (κ3) is 5.84. The van der Waals surface area contributed by atoms with Crippen LogP contribution in [-0.2, 0) is 14.2 Å². The van der Waals surface area contributed by atoms with E-state index in [1.807, 2.05) is 45.0 Å². The van der Waals surface area contributed by atoms with Crippen LogP contribution < -0.4 is 5.73 Å². The van der Waals surface area contributed by atoms with Crippen LogP contribution in [0.15, 0.2) is 24.3 Å². The lowest BCUT2D eigenvalue weighted by atomic mass is 9.93. The number of methoxy groups -OCH3 is 1. The van der Waals surface area contributed by atoms with E-state index in [4.69, 9.17) is 19.9 Å². The van der Waals surface area contributed by atoms with Crippen LogP contribution in [0.4, 0.5) is 4.79 Å². The number of nitrogens with two attached hydrogens (primary N) is 1. The lowest BCUT2D eigenvalue weighted by Gasteiger charge is -2.33. The molecule has 1 amide bonds. The van der Waals surface area contributed by atoms with E-state index in [2.05, 4.69) is 6.92 Å². The number of primary amides is 1. The molecule has 1 aromatic rings. The van der Waals surface area contributed by atoms with Crippen LogP contribution >= 0.6 is 0 Å². The van der Waals surface area contributed by atoms with E-state index in [0.29, 0.717) is 0 Å². The maximum atomic E-state index is 11.3. The van der Waals surface area contributed by atoms with Crippen LogP contribution in [0.5, 0.6) is 0 Å². The molecule has 5 heteroatoms. The largest absolute Gasteiger partial charge is 0.443 e. The Morgan fingerprint density at radius 1 is 1.26 bits per heavy atom. The molecular formula is C18H29NO4. The first-order valence-electron chi connectivity index (χ1n) is 8.10. The van der Waals surface area contributed by atoms with Crippen molar-refractivity contribution in [1.82, 2.24) is 0 Å². The lowest BCUT2D eigenvalue weighted by molar-refractivity contribution is -0.190. The number of hydrogen-bond donors (Lipinski definition) is 1. The van der Waals surface area contributed by atoms with E-state index >= 15 is 0 Å². The second kappa shape index (κ2) is 9.53. The van der Waals surface area contributed by atoms with Crippen molar-refractivity contribution in [2.24, 2.45) is 11.7 Å². The van der Waals surface area contributed by atoms with Gasteiger partial charge in [-0.1, -0.05) is 51.5 Å². The van der Waals surface area contributed by atoms with Gasteiger partial charge in [-0.05, 0) is 30.4 Å². The number of amides is 1. The summed E-state index contributed by atoms with van der Waals surface area (Å²) in [6, 6.07) is 7.91. The van der Waals surface area contributed by atoms with Crippen LogP contribution in [0.3, 0.4) is 0 Å². The summed E-state index contributed by atoms with van der Waals surface area (Å²) in [4.78, 5) is 11.3. The minimum atomic E-state index is -0.796. The van der Waals surface area contributed by atoms with Gasteiger partial charge in [-0.3, -0.25) is 0 Å². The molecule has 3 unspecified atom stereocenters. The number of aryl methyl sites for hydroxylation is 1. The maximum absolute atomic E-state index is 11.3. The van der Waals surface area contributed by atoms with Gasteiger partial charge in [-0.2, -0.15) is 0 Å². The predicted octanol–water partition coefficient (Wildman–Crippen LogP) is 3.95. The standard InChI is InChI=1S/C18H29NO4/c1-6-9-15(21-5)22-17(14-11-8-7-10-13(14)4)16(12(2)3)23-18(19)20/h7-8,10-12,15-17H,6,9H2,1-5H3,(H2,19,20). The van der Waals surface area contributed by atoms with Gasteiger partial charge in [-0.15, -0.1) is 0 Å². The highest BCUT2D eigenvalue weighted by atomic mass is 16.7. The van der Waals surface area contributed by atoms with Crippen molar-refractivity contribution >= 4 is 6.09 Å². The van der Waals surface area contributed by atoms with Crippen molar-refractivity contribution in [2.75, 3.05) is 7.11 Å². The van der Waals surface area contributed by atoms with E-state index in [9.17, 15) is 4.79 Å². The maximum Gasteiger partial charge on any atom is 0.404 e. The molecule has 0 fully saturated rings. The van der Waals surface area contributed by atoms with Gasteiger partial charge < -0.3 is 19.9 Å². The molecule has 130 valence electrons. The van der Waals surface area contributed by atoms with Gasteiger partial charge in [0.15, 0.2) is 6.29 Å². The molecule has 0 aliphatic heterocycles. The van der Waals surface area contributed by atoms with Crippen LogP contribution in [-0.4, -0.2) is 25.6 Å². The van der Waals surface area contributed by atoms with E-state index < -0.39 is 18.3 Å². The van der Waals surface area contributed by atoms with Gasteiger partial charge >= 0.3 is 6.09 Å². The fourth-order valence-corrected chi connectivity index (χ4v) is 2.56. The summed E-state index contributed by atoms with van der Waals surface area (Å²) in [6.45, 7) is 8.03. The minimum absolute atomic E-state index is 0.0474. The molecule has 0 aromatic heterocycles. The fourth-order valence-electron chi connectivity index (χ4n) is 2.56. The zero-order valence-corrected chi connectivity index (χ0v) is 14.7. The molecule has 23 heavy (non-hydrogen) atoms. The normalized spacial score (nSPS) is 15.2. The van der Waals surface area contributed by atoms with Crippen molar-refractivity contribution in [2.45, 2.75) is 59.0 Å². The molecule has 0 bridgehead atoms. The van der Waals surface area contributed by atoms with Gasteiger partial charge in [0.05, 0.1) is 0 Å². The van der Waals surface area contributed by atoms with E-state index in [1.54, 1.807) is 7.11 Å². The van der Waals surface area contributed by atoms with Gasteiger partial charge in [-0.25, -0.2) is 4.79 Å². The monoisotopic (exact) mass is 323 g/mol. The van der Waals surface area contributed by atoms with Crippen LogP contribution in [0.25, 0.3) is 0 Å². The molecule has 5 nitrogen and oxygen atoms in total. The summed E-state index contributed by atoms with van der Waals surface area (Å²) >= 11 is 0. The number of hydrogen-bond acceptors (Lipinski definition) is 4. The summed E-state index contributed by atoms with van der Waals surface area (Å²) in [6.07, 6.45) is -0.372. The molecule has 0 spiro atoms. The van der Waals surface area contributed by atoms with Gasteiger partial charge in [0.2, 0.25) is 0 Å². The van der Waals surface area contributed by atoms with Crippen molar-refractivity contribution < 1.29 is 19.0 Å². The molecule has 0 radical (unpaired) electrons. The zero-order valence-electron chi connectivity index (χ0n) is 14.7. The Morgan fingerprint density at radius 3 is 2.39 bits per heavy atom. The molecule has 0 saturated carbocycles. The SMILES string of the molecule is CCCC(OC)OC(c1ccccc1C)C(OC(N)=O)C(C)C. The molecule has 0 saturated heterocycles. The Morgan fingerprint density at radius 2 is 1.91 bits per heavy atom. The summed E-state index contributed by atoms with van der Waals surface area (Å²) < 4.78 is 17.0. The number of rotatable bonds is 9. The highest BCUT2D eigenvalue weighted by Crippen LogP contribution is 2.32. The Labute approximate surface area is 139 Å². The summed E-state index contributed by atoms with van der Waals surface area (Å²) in [7, 11) is 1.62. The van der Waals surface area contributed by atoms with Gasteiger partial charge in [0.25, 0.3) is 0 Å². The second-order valence-corrected chi connectivity index (χ2v) is 6.01. The third-order valence-corrected chi connectivity index (χ3v) is 3.79. The van der Waals surface area contributed by atoms with Crippen LogP contribution in [0.1, 0.15) is 50.8 Å². The second-order valence-electron chi connectivity index (χ2n) is 6.01. The first kappa shape index (κ1) is 19.5. The first-order chi connectivity index (χ1) is 10.9. The van der Waals surface area contributed by atoms with Crippen LogP contribution in [0.2, 0.25) is 0 Å². The summed E-state index contributed by atoms with van der Waals surface area (Å²) in [5.74, 6) is 0.0474. The summed E-state index contributed by atoms with van der Waals surface area (Å²) in [5.41, 5.74) is 7.31. The van der Waals surface area contributed by atoms with Crippen molar-refractivity contribution in [1.29, 1.82) is 0 Å². The molecule has 1 rings (SSSR count). The summed E-state index contributed by atoms with van der Waals surface area (Å²) in [5, 5.41) is 0. The van der Waals surface area contributed by atoms with Crippen molar-refractivity contribution in [3.8, 4) is 0 Å². The van der Waals surface area contributed by atoms with E-state index in [1.165, 1.54) is 0 Å². The molecule has 0 aliphatic carbocycles. The topological polar surface area (TPSA) is 70.8 Å². The number of ether oxygens (including phenoxy) is 3. The molecule has 1 aromatic carbocycles. The third-order valence-electron chi connectivity index (χ3n) is 3.79. The quantitative estimate of drug-likeness (QED) is 0.699. The predicted molar refractivity (Wildman–Crippen MR) is 90.0 cm³/mol. The lowest BCUT2D eigenvalue weighted by Crippen LogP contribution is -2.36. The van der Waals surface area contributed by atoms with Crippen molar-refractivity contribution in [3.05, 3.63) is 35.4 Å². The number of carbonyl (C=O) groups is 1. The Kier molecular flexibility index (Phi) is 8.06. The van der Waals surface area contributed by atoms with E-state index in [0.717, 1.165) is 24.0 Å². The highest BCUT2D eigenvalue weighted by molar-refractivity contribution is 5.65. The average molecular weight is 323 g/mol. The molecule has 3 atom stereocenters. The number of benzene rings is 1. The molecule has 0 aliphatic rings. The van der Waals surface area contributed by atoms with Crippen molar-refractivity contribution in [3.63, 3.8) is 0 Å². The fraction of sp³-hybridized carbons (Fsp3) is 0.611. The van der Waals surface area contributed by atoms with Gasteiger partial charge in [0.1, 0.15) is 12.2 Å². The first-order valence-corrected chi connectivity index (χ1v) is 8.10. The average Bonchev–Trinajstić information content (AvgIpc) is 2.50. The highest BCUT2D eigenvalue weighted by Gasteiger charge is 2.33. The van der Waals surface area contributed by atoms with Crippen LogP contribution in [0, 0.1) is 12.8 Å². The Bertz CT molecular complexity index is 490. The molecule has 2 N–H and O–H groups in total. The smallest absolute Gasteiger partial charge is 0.404 e. The van der Waals surface area contributed by atoms with E-state index in [-0.39, 0.29) is 12.2 Å². The molecular weight excluding hydrogens is 294 g/mol. The Balaban J connectivity index is 3.18.